The molecule has 0 bridgehead atoms. The molecule has 0 radical (unpaired) electrons. The van der Waals surface area contributed by atoms with E-state index in [0.717, 1.165) is 17.9 Å². The molecular weight excluding hydrogens is 250 g/mol. The lowest BCUT2D eigenvalue weighted by atomic mass is 10.0. The monoisotopic (exact) mass is 269 g/mol. The summed E-state index contributed by atoms with van der Waals surface area (Å²) in [5.41, 5.74) is 5.06. The average Bonchev–Trinajstić information content (AvgIpc) is 2.89. The van der Waals surface area contributed by atoms with Crippen molar-refractivity contribution in [3.63, 3.8) is 0 Å². The number of nitrogens with one attached hydrogen (secondary N) is 1. The van der Waals surface area contributed by atoms with Gasteiger partial charge < -0.3 is 14.8 Å². The highest BCUT2D eigenvalue weighted by Crippen LogP contribution is 2.37. The number of anilines is 1. The van der Waals surface area contributed by atoms with Crippen LogP contribution < -0.4 is 14.8 Å². The SMILES string of the molecule is COc1cc(OC)cc(C2Cc3ccc(C)cc3N2)c1. The van der Waals surface area contributed by atoms with Crippen LogP contribution in [0.5, 0.6) is 11.5 Å². The fourth-order valence-electron chi connectivity index (χ4n) is 2.69. The zero-order valence-electron chi connectivity index (χ0n) is 12.1. The number of fused-ring (bicyclic) bond motifs is 1. The third-order valence-corrected chi connectivity index (χ3v) is 3.80. The second-order valence-corrected chi connectivity index (χ2v) is 5.21. The van der Waals surface area contributed by atoms with Gasteiger partial charge in [-0.1, -0.05) is 12.1 Å². The summed E-state index contributed by atoms with van der Waals surface area (Å²) in [6.45, 7) is 2.11. The Bertz CT molecular complexity index is 615. The highest BCUT2D eigenvalue weighted by Gasteiger charge is 2.22. The highest BCUT2D eigenvalue weighted by atomic mass is 16.5. The predicted octanol–water partition coefficient (Wildman–Crippen LogP) is 3.72. The van der Waals surface area contributed by atoms with Gasteiger partial charge >= 0.3 is 0 Å². The van der Waals surface area contributed by atoms with E-state index in [1.807, 2.05) is 6.07 Å². The minimum atomic E-state index is 0.274. The lowest BCUT2D eigenvalue weighted by Gasteiger charge is -2.14. The molecule has 0 fully saturated rings. The molecule has 1 unspecified atom stereocenters. The van der Waals surface area contributed by atoms with Crippen LogP contribution >= 0.6 is 0 Å². The first kappa shape index (κ1) is 12.9. The van der Waals surface area contributed by atoms with Gasteiger partial charge in [-0.25, -0.2) is 0 Å². The fourth-order valence-corrected chi connectivity index (χ4v) is 2.69. The van der Waals surface area contributed by atoms with Crippen molar-refractivity contribution in [2.24, 2.45) is 0 Å². The van der Waals surface area contributed by atoms with Crippen molar-refractivity contribution in [3.05, 3.63) is 53.1 Å². The van der Waals surface area contributed by atoms with E-state index < -0.39 is 0 Å². The molecule has 1 heterocycles. The van der Waals surface area contributed by atoms with Crippen LogP contribution in [0.25, 0.3) is 0 Å². The van der Waals surface area contributed by atoms with Gasteiger partial charge in [0.25, 0.3) is 0 Å². The molecule has 0 saturated heterocycles. The van der Waals surface area contributed by atoms with Crippen LogP contribution in [0.1, 0.15) is 22.7 Å². The van der Waals surface area contributed by atoms with Crippen LogP contribution in [-0.4, -0.2) is 14.2 Å². The molecule has 20 heavy (non-hydrogen) atoms. The van der Waals surface area contributed by atoms with Crippen molar-refractivity contribution >= 4 is 5.69 Å². The molecule has 3 heteroatoms. The second-order valence-electron chi connectivity index (χ2n) is 5.21. The maximum Gasteiger partial charge on any atom is 0.122 e. The molecule has 0 aliphatic carbocycles. The first-order valence-electron chi connectivity index (χ1n) is 6.78. The quantitative estimate of drug-likeness (QED) is 0.921. The van der Waals surface area contributed by atoms with E-state index in [1.54, 1.807) is 14.2 Å². The van der Waals surface area contributed by atoms with Gasteiger partial charge in [-0.05, 0) is 48.2 Å². The minimum Gasteiger partial charge on any atom is -0.497 e. The largest absolute Gasteiger partial charge is 0.497 e. The summed E-state index contributed by atoms with van der Waals surface area (Å²) in [6, 6.07) is 12.9. The van der Waals surface area contributed by atoms with Crippen molar-refractivity contribution in [1.29, 1.82) is 0 Å². The van der Waals surface area contributed by atoms with Gasteiger partial charge in [-0.2, -0.15) is 0 Å². The summed E-state index contributed by atoms with van der Waals surface area (Å²) in [6.07, 6.45) is 0.992. The lowest BCUT2D eigenvalue weighted by molar-refractivity contribution is 0.393. The zero-order chi connectivity index (χ0) is 14.1. The van der Waals surface area contributed by atoms with Crippen LogP contribution in [0.4, 0.5) is 5.69 Å². The molecule has 1 atom stereocenters. The number of hydrogen-bond donors (Lipinski definition) is 1. The van der Waals surface area contributed by atoms with Gasteiger partial charge in [0, 0.05) is 11.8 Å². The van der Waals surface area contributed by atoms with Gasteiger partial charge in [0.1, 0.15) is 11.5 Å². The Morgan fingerprint density at radius 2 is 1.70 bits per heavy atom. The number of rotatable bonds is 3. The number of aryl methyl sites for hydroxylation is 1. The predicted molar refractivity (Wildman–Crippen MR) is 80.8 cm³/mol. The Balaban J connectivity index is 1.92. The molecule has 0 amide bonds. The van der Waals surface area contributed by atoms with E-state index in [9.17, 15) is 0 Å². The van der Waals surface area contributed by atoms with Crippen LogP contribution in [-0.2, 0) is 6.42 Å². The van der Waals surface area contributed by atoms with Crippen molar-refractivity contribution in [2.45, 2.75) is 19.4 Å². The first-order valence-corrected chi connectivity index (χ1v) is 6.78. The van der Waals surface area contributed by atoms with E-state index in [1.165, 1.54) is 22.4 Å². The number of methoxy groups -OCH3 is 2. The molecule has 0 aromatic heterocycles. The van der Waals surface area contributed by atoms with Crippen molar-refractivity contribution < 1.29 is 9.47 Å². The Morgan fingerprint density at radius 1 is 1.00 bits per heavy atom. The standard InChI is InChI=1S/C17H19NO2/c1-11-4-5-12-9-17(18-16(12)6-11)13-7-14(19-2)10-15(8-13)20-3/h4-8,10,17-18H,9H2,1-3H3. The Kier molecular flexibility index (Phi) is 3.26. The Labute approximate surface area is 119 Å². The van der Waals surface area contributed by atoms with Gasteiger partial charge in [-0.15, -0.1) is 0 Å². The molecule has 104 valence electrons. The smallest absolute Gasteiger partial charge is 0.122 e. The van der Waals surface area contributed by atoms with Crippen LogP contribution in [0, 0.1) is 6.92 Å². The van der Waals surface area contributed by atoms with E-state index in [-0.39, 0.29) is 6.04 Å². The molecule has 2 aromatic rings. The van der Waals surface area contributed by atoms with Crippen LogP contribution in [0.2, 0.25) is 0 Å². The molecule has 3 nitrogen and oxygen atoms in total. The maximum atomic E-state index is 5.35. The number of benzene rings is 2. The topological polar surface area (TPSA) is 30.5 Å². The Hall–Kier alpha value is -2.16. The van der Waals surface area contributed by atoms with Crippen LogP contribution in [0.15, 0.2) is 36.4 Å². The van der Waals surface area contributed by atoms with Crippen molar-refractivity contribution in [2.75, 3.05) is 19.5 Å². The third kappa shape index (κ3) is 2.31. The number of hydrogen-bond acceptors (Lipinski definition) is 3. The summed E-state index contributed by atoms with van der Waals surface area (Å²) in [5, 5.41) is 3.58. The second kappa shape index (κ2) is 5.08. The summed E-state index contributed by atoms with van der Waals surface area (Å²) in [4.78, 5) is 0. The number of ether oxygens (including phenoxy) is 2. The van der Waals surface area contributed by atoms with E-state index in [2.05, 4.69) is 42.6 Å². The zero-order valence-corrected chi connectivity index (χ0v) is 12.1. The van der Waals surface area contributed by atoms with Crippen LogP contribution in [0.3, 0.4) is 0 Å². The molecule has 0 spiro atoms. The molecule has 3 rings (SSSR count). The fraction of sp³-hybridized carbons (Fsp3) is 0.294. The van der Waals surface area contributed by atoms with Gasteiger partial charge in [0.15, 0.2) is 0 Å². The molecule has 1 N–H and O–H groups in total. The average molecular weight is 269 g/mol. The molecule has 2 aromatic carbocycles. The lowest BCUT2D eigenvalue weighted by Crippen LogP contribution is -2.06. The van der Waals surface area contributed by atoms with Gasteiger partial charge in [0.05, 0.1) is 20.3 Å². The molecule has 0 saturated carbocycles. The first-order chi connectivity index (χ1) is 9.69. The molecular formula is C17H19NO2. The van der Waals surface area contributed by atoms with E-state index in [4.69, 9.17) is 9.47 Å². The highest BCUT2D eigenvalue weighted by molar-refractivity contribution is 5.60. The van der Waals surface area contributed by atoms with E-state index in [0.29, 0.717) is 0 Å². The minimum absolute atomic E-state index is 0.274. The summed E-state index contributed by atoms with van der Waals surface area (Å²) < 4.78 is 10.7. The molecule has 1 aliphatic heterocycles. The van der Waals surface area contributed by atoms with Gasteiger partial charge in [-0.3, -0.25) is 0 Å². The maximum absolute atomic E-state index is 5.35. The van der Waals surface area contributed by atoms with Gasteiger partial charge in [0.2, 0.25) is 0 Å². The van der Waals surface area contributed by atoms with Crippen molar-refractivity contribution in [1.82, 2.24) is 0 Å². The summed E-state index contributed by atoms with van der Waals surface area (Å²) in [7, 11) is 3.36. The third-order valence-electron chi connectivity index (χ3n) is 3.80. The summed E-state index contributed by atoms with van der Waals surface area (Å²) >= 11 is 0. The Morgan fingerprint density at radius 3 is 2.35 bits per heavy atom. The van der Waals surface area contributed by atoms with E-state index >= 15 is 0 Å². The summed E-state index contributed by atoms with van der Waals surface area (Å²) in [5.74, 6) is 1.65. The normalized spacial score (nSPS) is 16.4. The molecule has 1 aliphatic rings. The van der Waals surface area contributed by atoms with Crippen molar-refractivity contribution in [3.8, 4) is 11.5 Å².